The number of hydrazine groups is 1. The molecule has 0 aliphatic rings. The topological polar surface area (TPSA) is 50.9 Å². The normalized spacial score (nSPS) is 10.7. The van der Waals surface area contributed by atoms with Crippen molar-refractivity contribution in [2.75, 3.05) is 11.2 Å². The molecule has 0 saturated heterocycles. The van der Waals surface area contributed by atoms with E-state index in [0.717, 1.165) is 22.8 Å². The molecule has 0 saturated carbocycles. The van der Waals surface area contributed by atoms with Crippen LogP contribution in [0.2, 0.25) is 0 Å². The van der Waals surface area contributed by atoms with Crippen LogP contribution in [-0.2, 0) is 5.75 Å². The van der Waals surface area contributed by atoms with E-state index in [4.69, 9.17) is 5.84 Å². The van der Waals surface area contributed by atoms with Crippen molar-refractivity contribution >= 4 is 28.5 Å². The monoisotopic (exact) mass is 247 g/mol. The van der Waals surface area contributed by atoms with Gasteiger partial charge in [0.2, 0.25) is 0 Å². The Morgan fingerprint density at radius 1 is 1.35 bits per heavy atom. The fraction of sp³-hybridized carbons (Fsp3) is 0.308. The van der Waals surface area contributed by atoms with E-state index in [0.29, 0.717) is 0 Å². The number of nitrogen functional groups attached to an aromatic ring is 1. The van der Waals surface area contributed by atoms with E-state index in [1.54, 1.807) is 0 Å². The van der Waals surface area contributed by atoms with Crippen LogP contribution in [0.4, 0.5) is 5.82 Å². The zero-order chi connectivity index (χ0) is 12.1. The van der Waals surface area contributed by atoms with Gasteiger partial charge in [-0.3, -0.25) is 0 Å². The molecule has 1 aromatic heterocycles. The maximum atomic E-state index is 5.52. The highest BCUT2D eigenvalue weighted by Crippen LogP contribution is 2.23. The van der Waals surface area contributed by atoms with Gasteiger partial charge in [0.1, 0.15) is 5.82 Å². The van der Waals surface area contributed by atoms with Crippen molar-refractivity contribution in [3.05, 3.63) is 35.9 Å². The SMILES string of the molecule is CCCSCc1cc2ccccc2nc1NN. The van der Waals surface area contributed by atoms with Crippen LogP contribution < -0.4 is 11.3 Å². The summed E-state index contributed by atoms with van der Waals surface area (Å²) in [6.45, 7) is 2.19. The second-order valence-corrected chi connectivity index (χ2v) is 4.99. The smallest absolute Gasteiger partial charge is 0.144 e. The number of hydrogen-bond donors (Lipinski definition) is 2. The lowest BCUT2D eigenvalue weighted by Gasteiger charge is -2.09. The highest BCUT2D eigenvalue weighted by molar-refractivity contribution is 7.98. The van der Waals surface area contributed by atoms with Gasteiger partial charge in [0, 0.05) is 16.7 Å². The van der Waals surface area contributed by atoms with E-state index in [9.17, 15) is 0 Å². The summed E-state index contributed by atoms with van der Waals surface area (Å²) in [5, 5.41) is 1.17. The lowest BCUT2D eigenvalue weighted by atomic mass is 10.1. The molecule has 0 bridgehead atoms. The van der Waals surface area contributed by atoms with Crippen LogP contribution in [0.1, 0.15) is 18.9 Å². The number of aromatic nitrogens is 1. The van der Waals surface area contributed by atoms with Crippen LogP contribution in [0.3, 0.4) is 0 Å². The molecule has 0 radical (unpaired) electrons. The van der Waals surface area contributed by atoms with Gasteiger partial charge >= 0.3 is 0 Å². The first-order chi connectivity index (χ1) is 8.35. The Morgan fingerprint density at radius 3 is 2.94 bits per heavy atom. The van der Waals surface area contributed by atoms with E-state index in [2.05, 4.69) is 29.5 Å². The van der Waals surface area contributed by atoms with Crippen molar-refractivity contribution in [2.24, 2.45) is 5.84 Å². The van der Waals surface area contributed by atoms with Crippen LogP contribution in [0.25, 0.3) is 10.9 Å². The van der Waals surface area contributed by atoms with Crippen molar-refractivity contribution in [2.45, 2.75) is 19.1 Å². The summed E-state index contributed by atoms with van der Waals surface area (Å²) >= 11 is 1.91. The van der Waals surface area contributed by atoms with Gasteiger partial charge in [-0.15, -0.1) is 0 Å². The molecule has 1 heterocycles. The first-order valence-corrected chi connectivity index (χ1v) is 6.93. The van der Waals surface area contributed by atoms with Gasteiger partial charge < -0.3 is 5.43 Å². The van der Waals surface area contributed by atoms with Crippen LogP contribution in [0, 0.1) is 0 Å². The Balaban J connectivity index is 2.32. The summed E-state index contributed by atoms with van der Waals surface area (Å²) in [7, 11) is 0. The van der Waals surface area contributed by atoms with Crippen molar-refractivity contribution < 1.29 is 0 Å². The second kappa shape index (κ2) is 5.89. The fourth-order valence-corrected chi connectivity index (χ4v) is 2.59. The molecule has 2 rings (SSSR count). The predicted octanol–water partition coefficient (Wildman–Crippen LogP) is 3.16. The molecule has 1 aromatic carbocycles. The lowest BCUT2D eigenvalue weighted by Crippen LogP contribution is -2.11. The summed E-state index contributed by atoms with van der Waals surface area (Å²) in [5.74, 6) is 8.42. The minimum absolute atomic E-state index is 0.785. The van der Waals surface area contributed by atoms with Gasteiger partial charge in [0.15, 0.2) is 0 Å². The molecule has 0 unspecified atom stereocenters. The van der Waals surface area contributed by atoms with Crippen LogP contribution >= 0.6 is 11.8 Å². The Morgan fingerprint density at radius 2 is 2.18 bits per heavy atom. The number of nitrogens with zero attached hydrogens (tertiary/aromatic N) is 1. The minimum atomic E-state index is 0.785. The number of benzene rings is 1. The summed E-state index contributed by atoms with van der Waals surface area (Å²) < 4.78 is 0. The van der Waals surface area contributed by atoms with Gasteiger partial charge in [-0.2, -0.15) is 11.8 Å². The highest BCUT2D eigenvalue weighted by Gasteiger charge is 2.05. The maximum Gasteiger partial charge on any atom is 0.144 e. The zero-order valence-electron chi connectivity index (χ0n) is 9.94. The number of nitrogens with one attached hydrogen (secondary N) is 1. The lowest BCUT2D eigenvalue weighted by molar-refractivity contribution is 1.10. The minimum Gasteiger partial charge on any atom is -0.308 e. The summed E-state index contributed by atoms with van der Waals surface area (Å²) in [6.07, 6.45) is 1.19. The standard InChI is InChI=1S/C13H17N3S/c1-2-7-17-9-11-8-10-5-3-4-6-12(10)15-13(11)16-14/h3-6,8H,2,7,9,14H2,1H3,(H,15,16). The van der Waals surface area contributed by atoms with Gasteiger partial charge in [-0.05, 0) is 24.3 Å². The Kier molecular flexibility index (Phi) is 4.23. The third-order valence-electron chi connectivity index (χ3n) is 2.55. The van der Waals surface area contributed by atoms with Crippen LogP contribution in [0.5, 0.6) is 0 Å². The van der Waals surface area contributed by atoms with Gasteiger partial charge in [-0.1, -0.05) is 25.1 Å². The number of fused-ring (bicyclic) bond motifs is 1. The van der Waals surface area contributed by atoms with Crippen molar-refractivity contribution in [1.29, 1.82) is 0 Å². The van der Waals surface area contributed by atoms with E-state index in [-0.39, 0.29) is 0 Å². The fourth-order valence-electron chi connectivity index (χ4n) is 1.72. The van der Waals surface area contributed by atoms with Crippen LogP contribution in [-0.4, -0.2) is 10.7 Å². The number of para-hydroxylation sites is 1. The molecular weight excluding hydrogens is 230 g/mol. The average molecular weight is 247 g/mol. The summed E-state index contributed by atoms with van der Waals surface area (Å²) in [4.78, 5) is 4.52. The molecule has 0 amide bonds. The maximum absolute atomic E-state index is 5.52. The van der Waals surface area contributed by atoms with Crippen molar-refractivity contribution in [3.8, 4) is 0 Å². The third-order valence-corrected chi connectivity index (χ3v) is 3.76. The Labute approximate surface area is 106 Å². The van der Waals surface area contributed by atoms with E-state index >= 15 is 0 Å². The second-order valence-electron chi connectivity index (χ2n) is 3.89. The third kappa shape index (κ3) is 2.90. The highest BCUT2D eigenvalue weighted by atomic mass is 32.2. The number of rotatable bonds is 5. The van der Waals surface area contributed by atoms with Gasteiger partial charge in [0.25, 0.3) is 0 Å². The molecule has 17 heavy (non-hydrogen) atoms. The molecule has 3 nitrogen and oxygen atoms in total. The van der Waals surface area contributed by atoms with Gasteiger partial charge in [0.05, 0.1) is 5.52 Å². The summed E-state index contributed by atoms with van der Waals surface area (Å²) in [5.41, 5.74) is 4.84. The van der Waals surface area contributed by atoms with Crippen molar-refractivity contribution in [1.82, 2.24) is 4.98 Å². The Hall–Kier alpha value is -1.26. The molecule has 0 spiro atoms. The molecule has 0 fully saturated rings. The number of thioether (sulfide) groups is 1. The number of hydrogen-bond acceptors (Lipinski definition) is 4. The molecule has 0 aliphatic carbocycles. The first kappa shape index (κ1) is 12.2. The summed E-state index contributed by atoms with van der Waals surface area (Å²) in [6, 6.07) is 10.3. The quantitative estimate of drug-likeness (QED) is 0.484. The number of nitrogens with two attached hydrogens (primary N) is 1. The molecule has 4 heteroatoms. The van der Waals surface area contributed by atoms with E-state index in [1.807, 2.05) is 30.0 Å². The van der Waals surface area contributed by atoms with Crippen molar-refractivity contribution in [3.63, 3.8) is 0 Å². The van der Waals surface area contributed by atoms with Crippen LogP contribution in [0.15, 0.2) is 30.3 Å². The molecule has 3 N–H and O–H groups in total. The number of anilines is 1. The number of pyridine rings is 1. The predicted molar refractivity (Wildman–Crippen MR) is 76.0 cm³/mol. The molecule has 2 aromatic rings. The molecule has 90 valence electrons. The largest absolute Gasteiger partial charge is 0.308 e. The molecular formula is C13H17N3S. The molecule has 0 atom stereocenters. The average Bonchev–Trinajstić information content (AvgIpc) is 2.38. The Bertz CT molecular complexity index is 499. The van der Waals surface area contributed by atoms with Gasteiger partial charge in [-0.25, -0.2) is 10.8 Å². The van der Waals surface area contributed by atoms with E-state index < -0.39 is 0 Å². The van der Waals surface area contributed by atoms with E-state index in [1.165, 1.54) is 17.4 Å². The zero-order valence-corrected chi connectivity index (χ0v) is 10.8. The molecule has 0 aliphatic heterocycles. The first-order valence-electron chi connectivity index (χ1n) is 5.78.